The molecule has 1 fully saturated rings. The Kier molecular flexibility index (Phi) is 8.98. The van der Waals surface area contributed by atoms with Crippen LogP contribution >= 0.6 is 0 Å². The van der Waals surface area contributed by atoms with Crippen molar-refractivity contribution < 1.29 is 14.3 Å². The number of hydrogen-bond acceptors (Lipinski definition) is 5. The monoisotopic (exact) mass is 541 g/mol. The number of nitrogens with one attached hydrogen (secondary N) is 2. The zero-order valence-electron chi connectivity index (χ0n) is 23.7. The van der Waals surface area contributed by atoms with Crippen LogP contribution in [0.15, 0.2) is 66.7 Å². The fourth-order valence-electron chi connectivity index (χ4n) is 5.08. The predicted molar refractivity (Wildman–Crippen MR) is 161 cm³/mol. The van der Waals surface area contributed by atoms with Crippen molar-refractivity contribution in [2.45, 2.75) is 39.5 Å². The summed E-state index contributed by atoms with van der Waals surface area (Å²) in [6, 6.07) is 21.6. The van der Waals surface area contributed by atoms with E-state index >= 15 is 0 Å². The number of hydrogen-bond donors (Lipinski definition) is 2. The molecule has 1 unspecified atom stereocenters. The summed E-state index contributed by atoms with van der Waals surface area (Å²) in [4.78, 5) is 15.6. The lowest BCUT2D eigenvalue weighted by atomic mass is 10.0. The van der Waals surface area contributed by atoms with Gasteiger partial charge in [0, 0.05) is 42.4 Å². The van der Waals surface area contributed by atoms with Crippen molar-refractivity contribution in [2.75, 3.05) is 50.1 Å². The Morgan fingerprint density at radius 2 is 1.77 bits per heavy atom. The van der Waals surface area contributed by atoms with Crippen LogP contribution < -0.4 is 15.4 Å². The minimum absolute atomic E-state index is 0.292. The molecule has 2 amide bonds. The summed E-state index contributed by atoms with van der Waals surface area (Å²) < 4.78 is 13.4. The largest absolute Gasteiger partial charge is 0.492 e. The minimum Gasteiger partial charge on any atom is -0.492 e. The van der Waals surface area contributed by atoms with Gasteiger partial charge in [-0.05, 0) is 37.6 Å². The normalized spacial score (nSPS) is 14.7. The minimum atomic E-state index is -0.325. The quantitative estimate of drug-likeness (QED) is 0.237. The molecule has 1 atom stereocenters. The van der Waals surface area contributed by atoms with Gasteiger partial charge in [0.15, 0.2) is 0 Å². The molecule has 0 aliphatic carbocycles. The zero-order chi connectivity index (χ0) is 27.9. The number of aromatic nitrogens is 2. The van der Waals surface area contributed by atoms with Gasteiger partial charge in [-0.3, -0.25) is 10.2 Å². The Morgan fingerprint density at radius 3 is 2.52 bits per heavy atom. The van der Waals surface area contributed by atoms with E-state index in [4.69, 9.17) is 14.6 Å². The van der Waals surface area contributed by atoms with Crippen LogP contribution in [0.2, 0.25) is 0 Å². The zero-order valence-corrected chi connectivity index (χ0v) is 23.7. The fraction of sp³-hybridized carbons (Fsp3) is 0.375. The van der Waals surface area contributed by atoms with Crippen LogP contribution in [0.3, 0.4) is 0 Å². The first-order valence-electron chi connectivity index (χ1n) is 14.2. The summed E-state index contributed by atoms with van der Waals surface area (Å²) >= 11 is 0. The fourth-order valence-corrected chi connectivity index (χ4v) is 5.08. The SMILES string of the molecule is CCCC(C)c1cc(NC(=O)Nc2ccc(OCCN3CCOCC3)c3ccccc23)n(-c2ccc(C)cc2)n1. The summed E-state index contributed by atoms with van der Waals surface area (Å²) in [5.41, 5.74) is 3.75. The summed E-state index contributed by atoms with van der Waals surface area (Å²) in [7, 11) is 0. The van der Waals surface area contributed by atoms with Gasteiger partial charge in [-0.1, -0.05) is 62.2 Å². The molecule has 0 saturated carbocycles. The van der Waals surface area contributed by atoms with Gasteiger partial charge in [-0.2, -0.15) is 5.10 Å². The second kappa shape index (κ2) is 13.0. The van der Waals surface area contributed by atoms with E-state index < -0.39 is 0 Å². The Hall–Kier alpha value is -3.88. The molecule has 0 spiro atoms. The molecule has 4 aromatic rings. The smallest absolute Gasteiger partial charge is 0.324 e. The Labute approximate surface area is 236 Å². The van der Waals surface area contributed by atoms with Crippen LogP contribution in [-0.2, 0) is 4.74 Å². The Bertz CT molecular complexity index is 1430. The lowest BCUT2D eigenvalue weighted by Gasteiger charge is -2.26. The number of rotatable bonds is 10. The van der Waals surface area contributed by atoms with Gasteiger partial charge >= 0.3 is 6.03 Å². The topological polar surface area (TPSA) is 80.6 Å². The molecule has 0 bridgehead atoms. The van der Waals surface area contributed by atoms with Crippen LogP contribution in [0.1, 0.15) is 43.9 Å². The van der Waals surface area contributed by atoms with Gasteiger partial charge in [0.05, 0.1) is 30.3 Å². The number of carbonyl (C=O) groups is 1. The molecule has 2 heterocycles. The lowest BCUT2D eigenvalue weighted by molar-refractivity contribution is 0.0323. The maximum atomic E-state index is 13.3. The van der Waals surface area contributed by atoms with Gasteiger partial charge in [0.2, 0.25) is 0 Å². The van der Waals surface area contributed by atoms with Gasteiger partial charge in [0.25, 0.3) is 0 Å². The maximum absolute atomic E-state index is 13.3. The predicted octanol–water partition coefficient (Wildman–Crippen LogP) is 6.59. The highest BCUT2D eigenvalue weighted by Crippen LogP contribution is 2.32. The van der Waals surface area contributed by atoms with Gasteiger partial charge in [-0.25, -0.2) is 9.48 Å². The number of aryl methyl sites for hydroxylation is 1. The van der Waals surface area contributed by atoms with Crippen LogP contribution in [-0.4, -0.2) is 60.2 Å². The Morgan fingerprint density at radius 1 is 1.02 bits per heavy atom. The first-order valence-corrected chi connectivity index (χ1v) is 14.2. The number of amides is 2. The van der Waals surface area contributed by atoms with Crippen LogP contribution in [0.25, 0.3) is 16.5 Å². The van der Waals surface area contributed by atoms with E-state index in [1.807, 2.05) is 71.4 Å². The number of ether oxygens (including phenoxy) is 2. The highest BCUT2D eigenvalue weighted by Gasteiger charge is 2.17. The summed E-state index contributed by atoms with van der Waals surface area (Å²) in [6.07, 6.45) is 2.10. The Balaban J connectivity index is 1.32. The molecule has 0 radical (unpaired) electrons. The van der Waals surface area contributed by atoms with Crippen molar-refractivity contribution in [2.24, 2.45) is 0 Å². The molecule has 1 aliphatic heterocycles. The number of urea groups is 1. The third kappa shape index (κ3) is 6.63. The number of anilines is 2. The number of nitrogens with zero attached hydrogens (tertiary/aromatic N) is 3. The molecule has 8 heteroatoms. The third-order valence-corrected chi connectivity index (χ3v) is 7.38. The summed E-state index contributed by atoms with van der Waals surface area (Å²) in [5, 5.41) is 12.8. The van der Waals surface area contributed by atoms with Crippen molar-refractivity contribution >= 4 is 28.3 Å². The number of morpholine rings is 1. The van der Waals surface area contributed by atoms with Crippen LogP contribution in [0.5, 0.6) is 5.75 Å². The van der Waals surface area contributed by atoms with Crippen molar-refractivity contribution in [3.8, 4) is 11.4 Å². The highest BCUT2D eigenvalue weighted by atomic mass is 16.5. The maximum Gasteiger partial charge on any atom is 0.324 e. The van der Waals surface area contributed by atoms with E-state index in [0.717, 1.165) is 79.3 Å². The number of fused-ring (bicyclic) bond motifs is 1. The van der Waals surface area contributed by atoms with E-state index in [1.165, 1.54) is 5.56 Å². The summed E-state index contributed by atoms with van der Waals surface area (Å²) in [6.45, 7) is 11.3. The second-order valence-electron chi connectivity index (χ2n) is 10.4. The van der Waals surface area contributed by atoms with E-state index in [-0.39, 0.29) is 6.03 Å². The van der Waals surface area contributed by atoms with Gasteiger partial charge < -0.3 is 14.8 Å². The van der Waals surface area contributed by atoms with Crippen LogP contribution in [0.4, 0.5) is 16.3 Å². The first-order chi connectivity index (χ1) is 19.5. The second-order valence-corrected chi connectivity index (χ2v) is 10.4. The van der Waals surface area contributed by atoms with Crippen molar-refractivity contribution in [1.82, 2.24) is 14.7 Å². The van der Waals surface area contributed by atoms with E-state index in [0.29, 0.717) is 18.3 Å². The van der Waals surface area contributed by atoms with Crippen molar-refractivity contribution in [3.05, 3.63) is 78.0 Å². The van der Waals surface area contributed by atoms with Crippen molar-refractivity contribution in [1.29, 1.82) is 0 Å². The molecule has 1 aliphatic rings. The molecule has 2 N–H and O–H groups in total. The third-order valence-electron chi connectivity index (χ3n) is 7.38. The van der Waals surface area contributed by atoms with Gasteiger partial charge in [-0.15, -0.1) is 0 Å². The van der Waals surface area contributed by atoms with E-state index in [1.54, 1.807) is 0 Å². The molecule has 5 rings (SSSR count). The van der Waals surface area contributed by atoms with Crippen molar-refractivity contribution in [3.63, 3.8) is 0 Å². The molecule has 1 saturated heterocycles. The number of carbonyl (C=O) groups excluding carboxylic acids is 1. The summed E-state index contributed by atoms with van der Waals surface area (Å²) in [5.74, 6) is 1.73. The molecule has 1 aromatic heterocycles. The standard InChI is InChI=1S/C32H39N5O3/c1-4-7-24(3)29-22-31(37(35-29)25-12-10-23(2)11-13-25)34-32(38)33-28-14-15-30(27-9-6-5-8-26(27)28)40-21-18-36-16-19-39-20-17-36/h5-6,8-15,22,24H,4,7,16-21H2,1-3H3,(H2,33,34,38). The molecule has 3 aromatic carbocycles. The number of benzene rings is 3. The van der Waals surface area contributed by atoms with E-state index in [2.05, 4.69) is 36.3 Å². The average molecular weight is 542 g/mol. The molecule has 210 valence electrons. The molecule has 8 nitrogen and oxygen atoms in total. The molecule has 40 heavy (non-hydrogen) atoms. The van der Waals surface area contributed by atoms with Crippen LogP contribution in [0, 0.1) is 6.92 Å². The average Bonchev–Trinajstić information content (AvgIpc) is 3.39. The van der Waals surface area contributed by atoms with Gasteiger partial charge in [0.1, 0.15) is 18.2 Å². The molecular formula is C32H39N5O3. The highest BCUT2D eigenvalue weighted by molar-refractivity contribution is 6.07. The van der Waals surface area contributed by atoms with E-state index in [9.17, 15) is 4.79 Å². The molecular weight excluding hydrogens is 502 g/mol. The lowest BCUT2D eigenvalue weighted by Crippen LogP contribution is -2.38. The first kappa shape index (κ1) is 27.7.